The molecular formula is C19H15FN2O3. The summed E-state index contributed by atoms with van der Waals surface area (Å²) in [6, 6.07) is 10.2. The molecule has 0 saturated heterocycles. The van der Waals surface area contributed by atoms with Crippen LogP contribution in [0.25, 0.3) is 10.9 Å². The van der Waals surface area contributed by atoms with E-state index < -0.39 is 12.0 Å². The Morgan fingerprint density at radius 2 is 2.20 bits per heavy atom. The smallest absolute Gasteiger partial charge is 0.260 e. The zero-order valence-electron chi connectivity index (χ0n) is 13.5. The second-order valence-corrected chi connectivity index (χ2v) is 6.26. The van der Waals surface area contributed by atoms with Gasteiger partial charge in [-0.15, -0.1) is 0 Å². The standard InChI is InChI=1S/C19H15FN2O3/c1-24-10-5-6-15-13(9-10)11-7-8-22-18(23)12-3-2-4-14(20)17(12)25-19(22)16(11)21-15/h2-6,9,19,21H,7-8H2,1H3. The summed E-state index contributed by atoms with van der Waals surface area (Å²) in [6.45, 7) is 0.524. The molecule has 3 aromatic rings. The summed E-state index contributed by atoms with van der Waals surface area (Å²) in [6.07, 6.45) is 0.0673. The first-order valence-corrected chi connectivity index (χ1v) is 8.12. The highest BCUT2D eigenvalue weighted by molar-refractivity contribution is 5.98. The Morgan fingerprint density at radius 1 is 1.32 bits per heavy atom. The van der Waals surface area contributed by atoms with Crippen LogP contribution >= 0.6 is 0 Å². The van der Waals surface area contributed by atoms with Gasteiger partial charge in [-0.25, -0.2) is 4.39 Å². The molecule has 2 aliphatic heterocycles. The number of ether oxygens (including phenoxy) is 2. The predicted molar refractivity (Wildman–Crippen MR) is 89.4 cm³/mol. The Kier molecular flexibility index (Phi) is 2.86. The number of benzene rings is 2. The Labute approximate surface area is 143 Å². The highest BCUT2D eigenvalue weighted by Crippen LogP contribution is 2.42. The number of nitrogens with one attached hydrogen (secondary N) is 1. The molecule has 1 amide bonds. The summed E-state index contributed by atoms with van der Waals surface area (Å²) >= 11 is 0. The fourth-order valence-electron chi connectivity index (χ4n) is 3.75. The van der Waals surface area contributed by atoms with Crippen LogP contribution in [0.3, 0.4) is 0 Å². The lowest BCUT2D eigenvalue weighted by atomic mass is 9.99. The van der Waals surface area contributed by atoms with Gasteiger partial charge in [0.2, 0.25) is 6.23 Å². The van der Waals surface area contributed by atoms with E-state index in [0.29, 0.717) is 13.0 Å². The van der Waals surface area contributed by atoms with Gasteiger partial charge in [0.25, 0.3) is 5.91 Å². The van der Waals surface area contributed by atoms with E-state index in [9.17, 15) is 9.18 Å². The Bertz CT molecular complexity index is 1030. The lowest BCUT2D eigenvalue weighted by molar-refractivity contribution is -0.000193. The number of H-pyrrole nitrogens is 1. The molecule has 2 aromatic carbocycles. The van der Waals surface area contributed by atoms with Crippen molar-refractivity contribution < 1.29 is 18.7 Å². The van der Waals surface area contributed by atoms with E-state index >= 15 is 0 Å². The number of aromatic nitrogens is 1. The minimum atomic E-state index is -0.640. The van der Waals surface area contributed by atoms with E-state index in [-0.39, 0.29) is 17.2 Å². The van der Waals surface area contributed by atoms with E-state index in [4.69, 9.17) is 9.47 Å². The molecule has 6 heteroatoms. The zero-order valence-corrected chi connectivity index (χ0v) is 13.5. The average molecular weight is 338 g/mol. The molecule has 0 fully saturated rings. The second-order valence-electron chi connectivity index (χ2n) is 6.26. The van der Waals surface area contributed by atoms with Gasteiger partial charge in [0.1, 0.15) is 5.75 Å². The van der Waals surface area contributed by atoms with Gasteiger partial charge in [0.05, 0.1) is 18.4 Å². The maximum absolute atomic E-state index is 14.2. The Hall–Kier alpha value is -3.02. The van der Waals surface area contributed by atoms with E-state index in [0.717, 1.165) is 27.9 Å². The third-order valence-corrected chi connectivity index (χ3v) is 4.97. The van der Waals surface area contributed by atoms with Gasteiger partial charge >= 0.3 is 0 Å². The van der Waals surface area contributed by atoms with Crippen LogP contribution in [-0.2, 0) is 6.42 Å². The molecule has 3 heterocycles. The number of carbonyl (C=O) groups excluding carboxylic acids is 1. The van der Waals surface area contributed by atoms with Crippen molar-refractivity contribution >= 4 is 16.8 Å². The van der Waals surface area contributed by atoms with Crippen molar-refractivity contribution in [3.05, 3.63) is 59.0 Å². The summed E-state index contributed by atoms with van der Waals surface area (Å²) in [5.41, 5.74) is 3.11. The molecular weight excluding hydrogens is 323 g/mol. The first kappa shape index (κ1) is 14.3. The number of halogens is 1. The molecule has 0 saturated carbocycles. The maximum atomic E-state index is 14.2. The molecule has 5 rings (SSSR count). The molecule has 0 aliphatic carbocycles. The van der Waals surface area contributed by atoms with Gasteiger partial charge in [-0.05, 0) is 42.3 Å². The summed E-state index contributed by atoms with van der Waals surface area (Å²) in [7, 11) is 1.63. The van der Waals surface area contributed by atoms with E-state index in [1.54, 1.807) is 18.1 Å². The minimum absolute atomic E-state index is 0.0258. The summed E-state index contributed by atoms with van der Waals surface area (Å²) < 4.78 is 25.4. The Balaban J connectivity index is 1.68. The molecule has 1 unspecified atom stereocenters. The van der Waals surface area contributed by atoms with Crippen LogP contribution in [0.15, 0.2) is 36.4 Å². The Morgan fingerprint density at radius 3 is 3.04 bits per heavy atom. The summed E-state index contributed by atoms with van der Waals surface area (Å²) in [4.78, 5) is 17.8. The third-order valence-electron chi connectivity index (χ3n) is 4.97. The zero-order chi connectivity index (χ0) is 17.1. The number of nitrogens with zero attached hydrogens (tertiary/aromatic N) is 1. The number of fused-ring (bicyclic) bond motifs is 6. The molecule has 126 valence electrons. The SMILES string of the molecule is COc1ccc2[nH]c3c(c2c1)CCN1C(=O)c2cccc(F)c2OC31. The molecule has 2 aliphatic rings. The fourth-order valence-corrected chi connectivity index (χ4v) is 3.75. The molecule has 0 radical (unpaired) electrons. The fraction of sp³-hybridized carbons (Fsp3) is 0.211. The number of methoxy groups -OCH3 is 1. The quantitative estimate of drug-likeness (QED) is 0.740. The highest BCUT2D eigenvalue weighted by atomic mass is 19.1. The van der Waals surface area contributed by atoms with Gasteiger partial charge in [0.15, 0.2) is 11.6 Å². The first-order valence-electron chi connectivity index (χ1n) is 8.12. The van der Waals surface area contributed by atoms with Crippen molar-refractivity contribution in [1.82, 2.24) is 9.88 Å². The van der Waals surface area contributed by atoms with Crippen LogP contribution in [0.2, 0.25) is 0 Å². The lowest BCUT2D eigenvalue weighted by Crippen LogP contribution is -2.45. The third kappa shape index (κ3) is 1.91. The molecule has 0 spiro atoms. The number of hydrogen-bond donors (Lipinski definition) is 1. The van der Waals surface area contributed by atoms with E-state index in [2.05, 4.69) is 4.98 Å². The second kappa shape index (κ2) is 4.99. The number of carbonyl (C=O) groups is 1. The molecule has 1 N–H and O–H groups in total. The van der Waals surface area contributed by atoms with Gasteiger partial charge in [-0.1, -0.05) is 6.07 Å². The van der Waals surface area contributed by atoms with Crippen molar-refractivity contribution in [2.45, 2.75) is 12.6 Å². The normalized spacial score (nSPS) is 18.4. The average Bonchev–Trinajstić information content (AvgIpc) is 3.01. The largest absolute Gasteiger partial charge is 0.497 e. The van der Waals surface area contributed by atoms with Crippen molar-refractivity contribution in [3.63, 3.8) is 0 Å². The number of rotatable bonds is 1. The first-order chi connectivity index (χ1) is 12.2. The monoisotopic (exact) mass is 338 g/mol. The van der Waals surface area contributed by atoms with Crippen molar-refractivity contribution in [3.8, 4) is 11.5 Å². The van der Waals surface area contributed by atoms with Gasteiger partial charge < -0.3 is 14.5 Å². The number of amides is 1. The van der Waals surface area contributed by atoms with Gasteiger partial charge in [0, 0.05) is 17.4 Å². The van der Waals surface area contributed by atoms with Crippen LogP contribution in [0, 0.1) is 5.82 Å². The molecule has 1 aromatic heterocycles. The van der Waals surface area contributed by atoms with Crippen molar-refractivity contribution in [1.29, 1.82) is 0 Å². The maximum Gasteiger partial charge on any atom is 0.260 e. The number of aromatic amines is 1. The minimum Gasteiger partial charge on any atom is -0.497 e. The number of hydrogen-bond acceptors (Lipinski definition) is 3. The molecule has 5 nitrogen and oxygen atoms in total. The van der Waals surface area contributed by atoms with Crippen LogP contribution in [0.5, 0.6) is 11.5 Å². The summed E-state index contributed by atoms with van der Waals surface area (Å²) in [5.74, 6) is 0.0784. The molecule has 1 atom stereocenters. The number of para-hydroxylation sites is 1. The predicted octanol–water partition coefficient (Wildman–Crippen LogP) is 3.41. The van der Waals surface area contributed by atoms with Gasteiger partial charge in [-0.2, -0.15) is 0 Å². The van der Waals surface area contributed by atoms with Crippen LogP contribution in [-0.4, -0.2) is 29.4 Å². The highest BCUT2D eigenvalue weighted by Gasteiger charge is 2.41. The van der Waals surface area contributed by atoms with Gasteiger partial charge in [-0.3, -0.25) is 9.69 Å². The van der Waals surface area contributed by atoms with Crippen molar-refractivity contribution in [2.75, 3.05) is 13.7 Å². The van der Waals surface area contributed by atoms with Crippen LogP contribution < -0.4 is 9.47 Å². The summed E-state index contributed by atoms with van der Waals surface area (Å²) in [5, 5.41) is 1.05. The topological polar surface area (TPSA) is 54.6 Å². The van der Waals surface area contributed by atoms with Crippen LogP contribution in [0.4, 0.5) is 4.39 Å². The van der Waals surface area contributed by atoms with Crippen molar-refractivity contribution in [2.24, 2.45) is 0 Å². The molecule has 0 bridgehead atoms. The molecule has 25 heavy (non-hydrogen) atoms. The van der Waals surface area contributed by atoms with Crippen LogP contribution in [0.1, 0.15) is 27.8 Å². The van der Waals surface area contributed by atoms with E-state index in [1.807, 2.05) is 18.2 Å². The van der Waals surface area contributed by atoms with E-state index in [1.165, 1.54) is 12.1 Å². The lowest BCUT2D eigenvalue weighted by Gasteiger charge is -2.39.